The number of nitrogens with zero attached hydrogens (tertiary/aromatic N) is 4. The number of hydrogen-bond donors (Lipinski definition) is 1. The molecule has 0 saturated heterocycles. The van der Waals surface area contributed by atoms with E-state index in [-0.39, 0.29) is 5.91 Å². The van der Waals surface area contributed by atoms with E-state index in [1.807, 2.05) is 24.4 Å². The van der Waals surface area contributed by atoms with Crippen LogP contribution in [0.4, 0.5) is 0 Å². The van der Waals surface area contributed by atoms with E-state index in [1.165, 1.54) is 10.9 Å². The van der Waals surface area contributed by atoms with Gasteiger partial charge in [-0.3, -0.25) is 9.36 Å². The Morgan fingerprint density at radius 1 is 1.08 bits per heavy atom. The van der Waals surface area contributed by atoms with Crippen molar-refractivity contribution in [2.75, 3.05) is 6.54 Å². The number of pyridine rings is 1. The van der Waals surface area contributed by atoms with Crippen molar-refractivity contribution in [3.63, 3.8) is 0 Å². The first kappa shape index (κ1) is 16.1. The van der Waals surface area contributed by atoms with Crippen molar-refractivity contribution in [2.45, 2.75) is 13.0 Å². The second-order valence-corrected chi connectivity index (χ2v) is 6.05. The van der Waals surface area contributed by atoms with Crippen molar-refractivity contribution in [3.05, 3.63) is 79.1 Å². The molecule has 6 nitrogen and oxygen atoms in total. The van der Waals surface area contributed by atoms with E-state index in [0.717, 1.165) is 18.8 Å². The van der Waals surface area contributed by atoms with Crippen molar-refractivity contribution in [2.24, 2.45) is 0 Å². The number of amides is 1. The van der Waals surface area contributed by atoms with Crippen LogP contribution in [0, 0.1) is 0 Å². The maximum Gasteiger partial charge on any atom is 0.252 e. The van der Waals surface area contributed by atoms with Gasteiger partial charge in [-0.2, -0.15) is 0 Å². The fourth-order valence-corrected chi connectivity index (χ4v) is 2.96. The van der Waals surface area contributed by atoms with Gasteiger partial charge in [0.25, 0.3) is 5.91 Å². The van der Waals surface area contributed by atoms with E-state index >= 15 is 0 Å². The maximum absolute atomic E-state index is 12.2. The summed E-state index contributed by atoms with van der Waals surface area (Å²) in [4.78, 5) is 20.5. The van der Waals surface area contributed by atoms with Crippen LogP contribution in [0.15, 0.2) is 73.6 Å². The first-order chi connectivity index (χ1) is 12.8. The largest absolute Gasteiger partial charge is 0.352 e. The highest BCUT2D eigenvalue weighted by molar-refractivity contribution is 5.93. The summed E-state index contributed by atoms with van der Waals surface area (Å²) in [5.41, 5.74) is 1.78. The number of para-hydroxylation sites is 1. The third-order valence-corrected chi connectivity index (χ3v) is 4.32. The van der Waals surface area contributed by atoms with Crippen molar-refractivity contribution in [1.29, 1.82) is 0 Å². The zero-order valence-electron chi connectivity index (χ0n) is 14.2. The molecule has 0 spiro atoms. The van der Waals surface area contributed by atoms with E-state index in [4.69, 9.17) is 0 Å². The number of carbonyl (C=O) groups is 1. The molecule has 4 aromatic rings. The summed E-state index contributed by atoms with van der Waals surface area (Å²) in [6, 6.07) is 14.0. The molecule has 0 saturated carbocycles. The predicted octanol–water partition coefficient (Wildman–Crippen LogP) is 3.04. The van der Waals surface area contributed by atoms with Crippen molar-refractivity contribution in [1.82, 2.24) is 24.4 Å². The van der Waals surface area contributed by atoms with Gasteiger partial charge in [0.15, 0.2) is 0 Å². The maximum atomic E-state index is 12.2. The molecule has 3 aromatic heterocycles. The minimum absolute atomic E-state index is 0.105. The van der Waals surface area contributed by atoms with Gasteiger partial charge < -0.3 is 9.88 Å². The number of benzene rings is 1. The zero-order valence-corrected chi connectivity index (χ0v) is 14.2. The van der Waals surface area contributed by atoms with E-state index in [2.05, 4.69) is 44.2 Å². The summed E-state index contributed by atoms with van der Waals surface area (Å²) < 4.78 is 4.01. The van der Waals surface area contributed by atoms with E-state index in [0.29, 0.717) is 12.1 Å². The number of hydrogen-bond acceptors (Lipinski definition) is 3. The van der Waals surface area contributed by atoms with Gasteiger partial charge >= 0.3 is 0 Å². The van der Waals surface area contributed by atoms with Crippen molar-refractivity contribution in [3.8, 4) is 5.82 Å². The molecule has 0 unspecified atom stereocenters. The topological polar surface area (TPSA) is 64.7 Å². The molecule has 3 heterocycles. The standard InChI is InChI=1S/C20H19N5O/c26-20(17-6-7-19(23-14-17)25-13-10-21-15-25)22-9-3-11-24-12-8-16-4-1-2-5-18(16)24/h1-2,4-8,10,12-15H,3,9,11H2,(H,22,26). The molecule has 4 rings (SSSR count). The first-order valence-corrected chi connectivity index (χ1v) is 8.58. The van der Waals surface area contributed by atoms with Crippen LogP contribution in [0.2, 0.25) is 0 Å². The average Bonchev–Trinajstić information content (AvgIpc) is 3.35. The summed E-state index contributed by atoms with van der Waals surface area (Å²) in [7, 11) is 0. The lowest BCUT2D eigenvalue weighted by molar-refractivity contribution is 0.0952. The van der Waals surface area contributed by atoms with Gasteiger partial charge in [-0.25, -0.2) is 9.97 Å². The molecule has 0 radical (unpaired) electrons. The molecular formula is C20H19N5O. The van der Waals surface area contributed by atoms with Gasteiger partial charge in [-0.1, -0.05) is 18.2 Å². The first-order valence-electron chi connectivity index (χ1n) is 8.58. The lowest BCUT2D eigenvalue weighted by Gasteiger charge is -2.08. The van der Waals surface area contributed by atoms with Crippen LogP contribution in [0.3, 0.4) is 0 Å². The van der Waals surface area contributed by atoms with Gasteiger partial charge in [-0.05, 0) is 36.1 Å². The van der Waals surface area contributed by atoms with E-state index in [1.54, 1.807) is 29.4 Å². The predicted molar refractivity (Wildman–Crippen MR) is 100 cm³/mol. The van der Waals surface area contributed by atoms with Crippen molar-refractivity contribution >= 4 is 16.8 Å². The Kier molecular flexibility index (Phi) is 4.47. The van der Waals surface area contributed by atoms with Gasteiger partial charge in [0.05, 0.1) is 5.56 Å². The monoisotopic (exact) mass is 345 g/mol. The molecule has 0 fully saturated rings. The Morgan fingerprint density at radius 3 is 2.81 bits per heavy atom. The number of aromatic nitrogens is 4. The van der Waals surface area contributed by atoms with Gasteiger partial charge in [0, 0.05) is 43.4 Å². The Labute approximate surface area is 151 Å². The molecule has 0 atom stereocenters. The normalized spacial score (nSPS) is 10.9. The number of imidazole rings is 1. The molecule has 0 aliphatic heterocycles. The fraction of sp³-hybridized carbons (Fsp3) is 0.150. The summed E-state index contributed by atoms with van der Waals surface area (Å²) in [6.45, 7) is 1.49. The molecule has 0 aliphatic carbocycles. The summed E-state index contributed by atoms with van der Waals surface area (Å²) >= 11 is 0. The van der Waals surface area contributed by atoms with Gasteiger partial charge in [0.2, 0.25) is 0 Å². The highest BCUT2D eigenvalue weighted by Crippen LogP contribution is 2.15. The molecule has 1 N–H and O–H groups in total. The van der Waals surface area contributed by atoms with Gasteiger partial charge in [0.1, 0.15) is 12.1 Å². The van der Waals surface area contributed by atoms with Gasteiger partial charge in [-0.15, -0.1) is 0 Å². The van der Waals surface area contributed by atoms with Crippen LogP contribution in [0.5, 0.6) is 0 Å². The number of aryl methyl sites for hydroxylation is 1. The molecule has 6 heteroatoms. The molecule has 130 valence electrons. The van der Waals surface area contributed by atoms with Crippen LogP contribution in [-0.2, 0) is 6.54 Å². The Hall–Kier alpha value is -3.41. The van der Waals surface area contributed by atoms with Crippen LogP contribution in [0.25, 0.3) is 16.7 Å². The summed E-state index contributed by atoms with van der Waals surface area (Å²) in [5.74, 6) is 0.630. The van der Waals surface area contributed by atoms with Crippen LogP contribution in [-0.4, -0.2) is 31.6 Å². The second kappa shape index (κ2) is 7.23. The van der Waals surface area contributed by atoms with Crippen LogP contribution < -0.4 is 5.32 Å². The average molecular weight is 345 g/mol. The lowest BCUT2D eigenvalue weighted by Crippen LogP contribution is -2.25. The number of fused-ring (bicyclic) bond motifs is 1. The SMILES string of the molecule is O=C(NCCCn1ccc2ccccc21)c1ccc(-n2ccnc2)nc1. The quantitative estimate of drug-likeness (QED) is 0.546. The fourth-order valence-electron chi connectivity index (χ4n) is 2.96. The number of nitrogens with one attached hydrogen (secondary N) is 1. The summed E-state index contributed by atoms with van der Waals surface area (Å²) in [6.07, 6.45) is 9.72. The minimum atomic E-state index is -0.105. The Morgan fingerprint density at radius 2 is 2.00 bits per heavy atom. The lowest BCUT2D eigenvalue weighted by atomic mass is 10.2. The smallest absolute Gasteiger partial charge is 0.252 e. The number of carbonyl (C=O) groups excluding carboxylic acids is 1. The highest BCUT2D eigenvalue weighted by Gasteiger charge is 2.06. The summed E-state index contributed by atoms with van der Waals surface area (Å²) in [5, 5.41) is 4.19. The van der Waals surface area contributed by atoms with Crippen LogP contribution >= 0.6 is 0 Å². The molecule has 0 aliphatic rings. The second-order valence-electron chi connectivity index (χ2n) is 6.05. The highest BCUT2D eigenvalue weighted by atomic mass is 16.1. The Bertz CT molecular complexity index is 1000. The third kappa shape index (κ3) is 3.35. The van der Waals surface area contributed by atoms with E-state index in [9.17, 15) is 4.79 Å². The molecule has 1 amide bonds. The minimum Gasteiger partial charge on any atom is -0.352 e. The van der Waals surface area contributed by atoms with Crippen LogP contribution in [0.1, 0.15) is 16.8 Å². The molecule has 26 heavy (non-hydrogen) atoms. The molecule has 0 bridgehead atoms. The Balaban J connectivity index is 1.30. The third-order valence-electron chi connectivity index (χ3n) is 4.32. The molecular weight excluding hydrogens is 326 g/mol. The number of rotatable bonds is 6. The molecule has 1 aromatic carbocycles. The zero-order chi connectivity index (χ0) is 17.8. The van der Waals surface area contributed by atoms with E-state index < -0.39 is 0 Å². The van der Waals surface area contributed by atoms with Crippen molar-refractivity contribution < 1.29 is 4.79 Å².